The maximum Gasteiger partial charge on any atom is 0.265 e. The third-order valence-electron chi connectivity index (χ3n) is 5.48. The highest BCUT2D eigenvalue weighted by molar-refractivity contribution is 7.17. The third-order valence-corrected chi connectivity index (χ3v) is 6.40. The van der Waals surface area contributed by atoms with Gasteiger partial charge in [0.05, 0.1) is 11.1 Å². The summed E-state index contributed by atoms with van der Waals surface area (Å²) in [6.45, 7) is 5.30. The van der Waals surface area contributed by atoms with Gasteiger partial charge in [-0.1, -0.05) is 18.3 Å². The summed E-state index contributed by atoms with van der Waals surface area (Å²) >= 11 is 1.25. The molecule has 0 aliphatic carbocycles. The fourth-order valence-corrected chi connectivity index (χ4v) is 5.00. The van der Waals surface area contributed by atoms with E-state index in [1.165, 1.54) is 11.3 Å². The lowest BCUT2D eigenvalue weighted by Crippen LogP contribution is -2.50. The van der Waals surface area contributed by atoms with E-state index >= 15 is 0 Å². The molecule has 2 amide bonds. The molecule has 0 saturated carbocycles. The number of rotatable bonds is 6. The lowest BCUT2D eigenvalue weighted by atomic mass is 9.78. The summed E-state index contributed by atoms with van der Waals surface area (Å²) in [4.78, 5) is 34.7. The topological polar surface area (TPSA) is 88.8 Å². The molecule has 1 spiro atoms. The number of nitrogens with two attached hydrogens (primary N) is 1. The standard InChI is InChI=1S/C18H28N4O3S/c1-3-13-14(26-17(19)20-13)15(23)22-10-7-18(12-22)6-4-8-21(16(18)24)9-5-11-25-2/h3-12H2,1-2H3,(H2,19,20)/t18-/m1/s1. The van der Waals surface area contributed by atoms with E-state index in [1.807, 2.05) is 16.7 Å². The molecule has 0 aromatic carbocycles. The second-order valence-electron chi connectivity index (χ2n) is 7.18. The third kappa shape index (κ3) is 3.57. The van der Waals surface area contributed by atoms with E-state index in [2.05, 4.69) is 4.98 Å². The smallest absolute Gasteiger partial charge is 0.265 e. The second kappa shape index (κ2) is 7.92. The Morgan fingerprint density at radius 1 is 1.38 bits per heavy atom. The van der Waals surface area contributed by atoms with Gasteiger partial charge in [0.15, 0.2) is 5.13 Å². The van der Waals surface area contributed by atoms with Crippen molar-refractivity contribution in [2.75, 3.05) is 45.6 Å². The number of nitrogen functional groups attached to an aromatic ring is 1. The molecule has 1 aromatic rings. The normalized spacial score (nSPS) is 23.2. The van der Waals surface area contributed by atoms with Crippen LogP contribution in [0.5, 0.6) is 0 Å². The van der Waals surface area contributed by atoms with Crippen LogP contribution in [0.1, 0.15) is 48.0 Å². The van der Waals surface area contributed by atoms with Gasteiger partial charge in [-0.3, -0.25) is 9.59 Å². The molecule has 26 heavy (non-hydrogen) atoms. The molecular formula is C18H28N4O3S. The van der Waals surface area contributed by atoms with Crippen molar-refractivity contribution in [1.29, 1.82) is 0 Å². The number of amides is 2. The maximum absolute atomic E-state index is 13.1. The average Bonchev–Trinajstić information content (AvgIpc) is 3.23. The number of hydrogen-bond acceptors (Lipinski definition) is 6. The molecule has 3 heterocycles. The van der Waals surface area contributed by atoms with Crippen molar-refractivity contribution in [3.8, 4) is 0 Å². The minimum atomic E-state index is -0.413. The predicted octanol–water partition coefficient (Wildman–Crippen LogP) is 1.78. The molecule has 2 saturated heterocycles. The van der Waals surface area contributed by atoms with E-state index in [0.717, 1.165) is 44.5 Å². The van der Waals surface area contributed by atoms with Crippen LogP contribution in [0.15, 0.2) is 0 Å². The summed E-state index contributed by atoms with van der Waals surface area (Å²) in [6.07, 6.45) is 4.13. The number of ether oxygens (including phenoxy) is 1. The van der Waals surface area contributed by atoms with Crippen LogP contribution >= 0.6 is 11.3 Å². The van der Waals surface area contributed by atoms with Gasteiger partial charge in [0.1, 0.15) is 4.88 Å². The summed E-state index contributed by atoms with van der Waals surface area (Å²) in [7, 11) is 1.68. The van der Waals surface area contributed by atoms with Crippen molar-refractivity contribution in [2.45, 2.75) is 39.0 Å². The molecule has 3 rings (SSSR count). The number of piperidine rings is 1. The molecule has 2 fully saturated rings. The average molecular weight is 381 g/mol. The molecule has 2 aliphatic rings. The Kier molecular flexibility index (Phi) is 5.82. The van der Waals surface area contributed by atoms with Crippen molar-refractivity contribution in [1.82, 2.24) is 14.8 Å². The maximum atomic E-state index is 13.1. The van der Waals surface area contributed by atoms with Crippen LogP contribution in [0.3, 0.4) is 0 Å². The largest absolute Gasteiger partial charge is 0.385 e. The molecule has 2 N–H and O–H groups in total. The second-order valence-corrected chi connectivity index (χ2v) is 8.21. The van der Waals surface area contributed by atoms with Crippen LogP contribution in [0.2, 0.25) is 0 Å². The van der Waals surface area contributed by atoms with E-state index in [4.69, 9.17) is 10.5 Å². The Labute approximate surface area is 158 Å². The first-order chi connectivity index (χ1) is 12.5. The summed E-state index contributed by atoms with van der Waals surface area (Å²) in [5, 5.41) is 0.428. The lowest BCUT2D eigenvalue weighted by Gasteiger charge is -2.39. The first-order valence-electron chi connectivity index (χ1n) is 9.33. The summed E-state index contributed by atoms with van der Waals surface area (Å²) in [5.41, 5.74) is 6.14. The number of hydrogen-bond donors (Lipinski definition) is 1. The Morgan fingerprint density at radius 3 is 2.92 bits per heavy atom. The minimum absolute atomic E-state index is 0.0303. The molecule has 144 valence electrons. The zero-order valence-corrected chi connectivity index (χ0v) is 16.4. The van der Waals surface area contributed by atoms with Gasteiger partial charge in [0.2, 0.25) is 5.91 Å². The summed E-state index contributed by atoms with van der Waals surface area (Å²) < 4.78 is 5.10. The number of methoxy groups -OCH3 is 1. The molecule has 8 heteroatoms. The molecule has 1 atom stereocenters. The fraction of sp³-hybridized carbons (Fsp3) is 0.722. The van der Waals surface area contributed by atoms with Crippen LogP contribution in [-0.4, -0.2) is 66.5 Å². The molecular weight excluding hydrogens is 352 g/mol. The predicted molar refractivity (Wildman–Crippen MR) is 101 cm³/mol. The number of carbonyl (C=O) groups excluding carboxylic acids is 2. The van der Waals surface area contributed by atoms with Crippen molar-refractivity contribution >= 4 is 28.3 Å². The number of thiazole rings is 1. The van der Waals surface area contributed by atoms with Crippen molar-refractivity contribution < 1.29 is 14.3 Å². The van der Waals surface area contributed by atoms with E-state index in [0.29, 0.717) is 36.1 Å². The van der Waals surface area contributed by atoms with Crippen molar-refractivity contribution in [2.24, 2.45) is 5.41 Å². The van der Waals surface area contributed by atoms with Gasteiger partial charge in [-0.05, 0) is 32.1 Å². The van der Waals surface area contributed by atoms with Gasteiger partial charge in [-0.25, -0.2) is 4.98 Å². The van der Waals surface area contributed by atoms with Crippen molar-refractivity contribution in [3.05, 3.63) is 10.6 Å². The van der Waals surface area contributed by atoms with Gasteiger partial charge >= 0.3 is 0 Å². The van der Waals surface area contributed by atoms with Crippen LogP contribution in [0.25, 0.3) is 0 Å². The molecule has 0 radical (unpaired) electrons. The molecule has 2 aliphatic heterocycles. The zero-order chi connectivity index (χ0) is 18.7. The summed E-state index contributed by atoms with van der Waals surface area (Å²) in [6, 6.07) is 0. The van der Waals surface area contributed by atoms with Crippen LogP contribution in [0, 0.1) is 5.41 Å². The highest BCUT2D eigenvalue weighted by atomic mass is 32.1. The van der Waals surface area contributed by atoms with Gasteiger partial charge < -0.3 is 20.3 Å². The quantitative estimate of drug-likeness (QED) is 0.760. The highest BCUT2D eigenvalue weighted by Crippen LogP contribution is 2.41. The van der Waals surface area contributed by atoms with Crippen LogP contribution in [0.4, 0.5) is 5.13 Å². The van der Waals surface area contributed by atoms with Gasteiger partial charge in [-0.2, -0.15) is 0 Å². The van der Waals surface area contributed by atoms with E-state index in [9.17, 15) is 9.59 Å². The number of likely N-dealkylation sites (tertiary alicyclic amines) is 2. The Bertz CT molecular complexity index is 677. The Balaban J connectivity index is 1.70. The zero-order valence-electron chi connectivity index (χ0n) is 15.6. The lowest BCUT2D eigenvalue weighted by molar-refractivity contribution is -0.145. The number of anilines is 1. The molecule has 7 nitrogen and oxygen atoms in total. The van der Waals surface area contributed by atoms with Crippen molar-refractivity contribution in [3.63, 3.8) is 0 Å². The van der Waals surface area contributed by atoms with Crippen LogP contribution < -0.4 is 5.73 Å². The molecule has 0 bridgehead atoms. The number of aromatic nitrogens is 1. The first kappa shape index (κ1) is 19.1. The Morgan fingerprint density at radius 2 is 2.19 bits per heavy atom. The minimum Gasteiger partial charge on any atom is -0.385 e. The molecule has 1 aromatic heterocycles. The summed E-state index contributed by atoms with van der Waals surface area (Å²) in [5.74, 6) is 0.173. The first-order valence-corrected chi connectivity index (χ1v) is 10.1. The Hall–Kier alpha value is -1.67. The number of carbonyl (C=O) groups is 2. The van der Waals surface area contributed by atoms with E-state index in [1.54, 1.807) is 7.11 Å². The van der Waals surface area contributed by atoms with Crippen LogP contribution in [-0.2, 0) is 16.0 Å². The SMILES string of the molecule is CCc1nc(N)sc1C(=O)N1CC[C@]2(CCCN(CCCOC)C2=O)C1. The molecule has 0 unspecified atom stereocenters. The van der Waals surface area contributed by atoms with E-state index in [-0.39, 0.29) is 11.8 Å². The number of nitrogens with zero attached hydrogens (tertiary/aromatic N) is 3. The van der Waals surface area contributed by atoms with Gasteiger partial charge in [0.25, 0.3) is 5.91 Å². The van der Waals surface area contributed by atoms with E-state index < -0.39 is 5.41 Å². The fourth-order valence-electron chi connectivity index (χ4n) is 4.11. The highest BCUT2D eigenvalue weighted by Gasteiger charge is 2.49. The number of aryl methyl sites for hydroxylation is 1. The monoisotopic (exact) mass is 380 g/mol. The van der Waals surface area contributed by atoms with Gasteiger partial charge in [0, 0.05) is 39.9 Å². The van der Waals surface area contributed by atoms with Gasteiger partial charge in [-0.15, -0.1) is 0 Å².